The highest BCUT2D eigenvalue weighted by molar-refractivity contribution is 7.19. The molecule has 28 heavy (non-hydrogen) atoms. The molecule has 5 aromatic rings. The second kappa shape index (κ2) is 6.58. The monoisotopic (exact) mass is 406 g/mol. The molecule has 0 fully saturated rings. The van der Waals surface area contributed by atoms with Gasteiger partial charge >= 0.3 is 0 Å². The first-order valence-corrected chi connectivity index (χ1v) is 9.93. The lowest BCUT2D eigenvalue weighted by atomic mass is 10.1. The van der Waals surface area contributed by atoms with Gasteiger partial charge in [-0.1, -0.05) is 40.1 Å². The predicted molar refractivity (Wildman–Crippen MR) is 112 cm³/mol. The fourth-order valence-electron chi connectivity index (χ4n) is 3.22. The third-order valence-electron chi connectivity index (χ3n) is 4.42. The third-order valence-corrected chi connectivity index (χ3v) is 5.58. The fourth-order valence-corrected chi connectivity index (χ4v) is 4.15. The number of fused-ring (bicyclic) bond motifs is 1. The zero-order valence-corrected chi connectivity index (χ0v) is 16.8. The minimum absolute atomic E-state index is 0.697. The Morgan fingerprint density at radius 3 is 2.32 bits per heavy atom. The summed E-state index contributed by atoms with van der Waals surface area (Å²) in [4.78, 5) is 0.730. The Hall–Kier alpha value is -2.96. The van der Waals surface area contributed by atoms with Gasteiger partial charge in [0.2, 0.25) is 4.96 Å². The summed E-state index contributed by atoms with van der Waals surface area (Å²) in [5.74, 6) is 2.20. The first-order valence-electron chi connectivity index (χ1n) is 8.74. The number of furan rings is 1. The molecular formula is C21H15ClN4OS. The molecule has 0 radical (unpaired) electrons. The lowest BCUT2D eigenvalue weighted by molar-refractivity contribution is 0.595. The van der Waals surface area contributed by atoms with Crippen molar-refractivity contribution >= 4 is 27.9 Å². The number of aromatic nitrogens is 4. The molecule has 0 saturated heterocycles. The van der Waals surface area contributed by atoms with Gasteiger partial charge in [-0.3, -0.25) is 0 Å². The van der Waals surface area contributed by atoms with E-state index in [1.807, 2.05) is 36.4 Å². The number of aryl methyl sites for hydroxylation is 2. The van der Waals surface area contributed by atoms with E-state index in [0.717, 1.165) is 32.7 Å². The molecule has 7 heteroatoms. The Morgan fingerprint density at radius 2 is 1.57 bits per heavy atom. The zero-order chi connectivity index (χ0) is 19.3. The normalized spacial score (nSPS) is 11.4. The number of benzene rings is 2. The largest absolute Gasteiger partial charge is 0.454 e. The number of nitrogens with zero attached hydrogens (tertiary/aromatic N) is 4. The quantitative estimate of drug-likeness (QED) is 0.366. The molecule has 0 aliphatic rings. The van der Waals surface area contributed by atoms with E-state index in [2.05, 4.69) is 42.2 Å². The van der Waals surface area contributed by atoms with Crippen LogP contribution >= 0.6 is 22.9 Å². The fraction of sp³-hybridized carbons (Fsp3) is 0.0952. The van der Waals surface area contributed by atoms with E-state index in [0.29, 0.717) is 10.8 Å². The summed E-state index contributed by atoms with van der Waals surface area (Å²) < 4.78 is 7.80. The van der Waals surface area contributed by atoms with Gasteiger partial charge in [-0.2, -0.15) is 4.52 Å². The van der Waals surface area contributed by atoms with Crippen LogP contribution in [-0.2, 0) is 0 Å². The predicted octanol–water partition coefficient (Wildman–Crippen LogP) is 6.05. The molecule has 0 N–H and O–H groups in total. The molecule has 0 aliphatic heterocycles. The zero-order valence-electron chi connectivity index (χ0n) is 15.2. The van der Waals surface area contributed by atoms with Gasteiger partial charge in [0.25, 0.3) is 0 Å². The van der Waals surface area contributed by atoms with Crippen LogP contribution in [0.1, 0.15) is 11.1 Å². The van der Waals surface area contributed by atoms with Crippen molar-refractivity contribution < 1.29 is 4.42 Å². The summed E-state index contributed by atoms with van der Waals surface area (Å²) in [7, 11) is 0. The molecule has 0 saturated carbocycles. The van der Waals surface area contributed by atoms with E-state index in [9.17, 15) is 0 Å². The van der Waals surface area contributed by atoms with Gasteiger partial charge in [-0.15, -0.1) is 15.3 Å². The topological polar surface area (TPSA) is 56.2 Å². The van der Waals surface area contributed by atoms with Gasteiger partial charge in [-0.05, 0) is 62.4 Å². The molecule has 0 bridgehead atoms. The molecule has 5 rings (SSSR count). The molecule has 0 aliphatic carbocycles. The SMILES string of the molecule is Cc1cc(C)cc(-c2nnc3sc(-c4ccc(-c5ccc(Cl)cc5)o4)nn23)c1. The van der Waals surface area contributed by atoms with Gasteiger partial charge in [0.05, 0.1) is 0 Å². The van der Waals surface area contributed by atoms with Crippen molar-refractivity contribution in [2.24, 2.45) is 0 Å². The van der Waals surface area contributed by atoms with Crippen LogP contribution in [-0.4, -0.2) is 19.8 Å². The van der Waals surface area contributed by atoms with Crippen LogP contribution in [0.2, 0.25) is 5.02 Å². The van der Waals surface area contributed by atoms with E-state index >= 15 is 0 Å². The maximum atomic E-state index is 6.02. The highest BCUT2D eigenvalue weighted by atomic mass is 35.5. The van der Waals surface area contributed by atoms with Crippen LogP contribution in [0.15, 0.2) is 59.0 Å². The van der Waals surface area contributed by atoms with Crippen molar-refractivity contribution in [3.63, 3.8) is 0 Å². The van der Waals surface area contributed by atoms with Crippen LogP contribution < -0.4 is 0 Å². The standard InChI is InChI=1S/C21H15ClN4OS/c1-12-9-13(2)11-15(10-12)19-23-24-21-26(19)25-20(28-21)18-8-7-17(27-18)14-3-5-16(22)6-4-14/h3-11H,1-2H3. The van der Waals surface area contributed by atoms with Gasteiger partial charge in [-0.25, -0.2) is 0 Å². The Morgan fingerprint density at radius 1 is 0.857 bits per heavy atom. The molecule has 0 spiro atoms. The minimum Gasteiger partial charge on any atom is -0.454 e. The Bertz CT molecular complexity index is 1280. The van der Waals surface area contributed by atoms with E-state index < -0.39 is 0 Å². The van der Waals surface area contributed by atoms with Crippen molar-refractivity contribution in [3.8, 4) is 33.5 Å². The average molecular weight is 407 g/mol. The summed E-state index contributed by atoms with van der Waals surface area (Å²) in [6, 6.07) is 17.7. The molecule has 3 heterocycles. The molecule has 2 aromatic carbocycles. The molecular weight excluding hydrogens is 392 g/mol. The number of rotatable bonds is 3. The molecule has 0 amide bonds. The van der Waals surface area contributed by atoms with Crippen LogP contribution in [0.25, 0.3) is 38.4 Å². The summed E-state index contributed by atoms with van der Waals surface area (Å²) in [6.45, 7) is 4.14. The van der Waals surface area contributed by atoms with Crippen LogP contribution in [0.3, 0.4) is 0 Å². The van der Waals surface area contributed by atoms with E-state index in [-0.39, 0.29) is 0 Å². The van der Waals surface area contributed by atoms with E-state index in [1.165, 1.54) is 22.5 Å². The Balaban J connectivity index is 1.54. The molecule has 0 atom stereocenters. The number of hydrogen-bond donors (Lipinski definition) is 0. The van der Waals surface area contributed by atoms with Crippen LogP contribution in [0.5, 0.6) is 0 Å². The van der Waals surface area contributed by atoms with Crippen LogP contribution in [0.4, 0.5) is 0 Å². The first kappa shape index (κ1) is 17.2. The summed E-state index contributed by atoms with van der Waals surface area (Å²) in [5, 5.41) is 14.8. The summed E-state index contributed by atoms with van der Waals surface area (Å²) in [6.07, 6.45) is 0. The van der Waals surface area contributed by atoms with Crippen molar-refractivity contribution in [3.05, 3.63) is 70.7 Å². The number of hydrogen-bond acceptors (Lipinski definition) is 5. The Kier molecular flexibility index (Phi) is 4.03. The van der Waals surface area contributed by atoms with Gasteiger partial charge in [0, 0.05) is 16.1 Å². The average Bonchev–Trinajstić information content (AvgIpc) is 3.36. The van der Waals surface area contributed by atoms with Crippen molar-refractivity contribution in [2.45, 2.75) is 13.8 Å². The maximum absolute atomic E-state index is 6.02. The minimum atomic E-state index is 0.697. The van der Waals surface area contributed by atoms with Crippen molar-refractivity contribution in [1.29, 1.82) is 0 Å². The highest BCUT2D eigenvalue weighted by Gasteiger charge is 2.17. The first-order chi connectivity index (χ1) is 13.6. The molecule has 3 aromatic heterocycles. The van der Waals surface area contributed by atoms with E-state index in [4.69, 9.17) is 21.1 Å². The van der Waals surface area contributed by atoms with Crippen molar-refractivity contribution in [1.82, 2.24) is 19.8 Å². The Labute approximate surface area is 170 Å². The van der Waals surface area contributed by atoms with Gasteiger partial charge in [0.1, 0.15) is 5.76 Å². The molecule has 0 unspecified atom stereocenters. The molecule has 138 valence electrons. The maximum Gasteiger partial charge on any atom is 0.235 e. The van der Waals surface area contributed by atoms with Gasteiger partial charge in [0.15, 0.2) is 16.6 Å². The smallest absolute Gasteiger partial charge is 0.235 e. The van der Waals surface area contributed by atoms with Crippen molar-refractivity contribution in [2.75, 3.05) is 0 Å². The second-order valence-corrected chi connectivity index (χ2v) is 8.06. The lowest BCUT2D eigenvalue weighted by Crippen LogP contribution is -1.92. The lowest BCUT2D eigenvalue weighted by Gasteiger charge is -2.01. The second-order valence-electron chi connectivity index (χ2n) is 6.67. The van der Waals surface area contributed by atoms with Gasteiger partial charge < -0.3 is 4.42 Å². The number of halogens is 1. The summed E-state index contributed by atoms with van der Waals surface area (Å²) >= 11 is 7.41. The molecule has 5 nitrogen and oxygen atoms in total. The summed E-state index contributed by atoms with van der Waals surface area (Å²) in [5.41, 5.74) is 4.33. The van der Waals surface area contributed by atoms with Crippen LogP contribution in [0, 0.1) is 13.8 Å². The highest BCUT2D eigenvalue weighted by Crippen LogP contribution is 2.33. The third kappa shape index (κ3) is 3.00. The van der Waals surface area contributed by atoms with E-state index in [1.54, 1.807) is 4.52 Å².